The van der Waals surface area contributed by atoms with Crippen LogP contribution in [-0.4, -0.2) is 40.4 Å². The van der Waals surface area contributed by atoms with Crippen LogP contribution in [0.4, 0.5) is 4.39 Å². The minimum Gasteiger partial charge on any atom is -0.478 e. The number of benzene rings is 2. The molecule has 0 fully saturated rings. The number of halogens is 1. The van der Waals surface area contributed by atoms with Crippen molar-refractivity contribution < 1.29 is 22.7 Å². The largest absolute Gasteiger partial charge is 0.478 e. The van der Waals surface area contributed by atoms with Gasteiger partial charge >= 0.3 is 5.97 Å². The molecule has 0 saturated heterocycles. The molecule has 0 aliphatic heterocycles. The van der Waals surface area contributed by atoms with Gasteiger partial charge in [0.15, 0.2) is 15.7 Å². The van der Waals surface area contributed by atoms with E-state index in [0.29, 0.717) is 16.9 Å². The fourth-order valence-electron chi connectivity index (χ4n) is 2.57. The average Bonchev–Trinajstić information content (AvgIpc) is 3.08. The van der Waals surface area contributed by atoms with Gasteiger partial charge in [0.25, 0.3) is 0 Å². The normalized spacial score (nSPS) is 11.0. The maximum atomic E-state index is 12.9. The van der Waals surface area contributed by atoms with Gasteiger partial charge in [0.05, 0.1) is 16.0 Å². The third kappa shape index (κ3) is 4.78. The van der Waals surface area contributed by atoms with Crippen molar-refractivity contribution in [2.45, 2.75) is 4.90 Å². The highest BCUT2D eigenvalue weighted by Crippen LogP contribution is 2.18. The van der Waals surface area contributed by atoms with Crippen LogP contribution < -0.4 is 5.84 Å². The monoisotopic (exact) mass is 428 g/mol. The summed E-state index contributed by atoms with van der Waals surface area (Å²) in [6.07, 6.45) is 5.25. The Morgan fingerprint density at radius 3 is 2.40 bits per heavy atom. The lowest BCUT2D eigenvalue weighted by molar-refractivity contribution is 0.0696. The van der Waals surface area contributed by atoms with Crippen molar-refractivity contribution >= 4 is 26.7 Å². The Labute approximate surface area is 171 Å². The van der Waals surface area contributed by atoms with Crippen LogP contribution in [0, 0.1) is 5.82 Å². The number of rotatable bonds is 3. The number of hydrogen-bond acceptors (Lipinski definition) is 6. The molecule has 0 aliphatic rings. The van der Waals surface area contributed by atoms with E-state index in [0.717, 1.165) is 5.39 Å². The summed E-state index contributed by atoms with van der Waals surface area (Å²) >= 11 is 0. The summed E-state index contributed by atoms with van der Waals surface area (Å²) in [5, 5.41) is 9.58. The summed E-state index contributed by atoms with van der Waals surface area (Å²) in [5.41, 5.74) is 1.23. The maximum Gasteiger partial charge on any atom is 0.338 e. The van der Waals surface area contributed by atoms with Gasteiger partial charge in [-0.3, -0.25) is 4.68 Å². The van der Waals surface area contributed by atoms with Crippen LogP contribution in [0.25, 0.3) is 22.3 Å². The van der Waals surface area contributed by atoms with E-state index >= 15 is 0 Å². The molecule has 0 aliphatic carbocycles. The Bertz CT molecular complexity index is 1320. The number of sulfone groups is 1. The SMILES string of the molecule is CS(=O)(=O)c1ccc2ccn(N)c2c1.O=C(O)c1cnc(-c2cccc(F)c2)nc1. The Hall–Kier alpha value is -3.79. The zero-order valence-corrected chi connectivity index (χ0v) is 16.5. The van der Waals surface area contributed by atoms with E-state index in [2.05, 4.69) is 9.97 Å². The van der Waals surface area contributed by atoms with Crippen LogP contribution in [-0.2, 0) is 9.84 Å². The lowest BCUT2D eigenvalue weighted by Gasteiger charge is -2.00. The van der Waals surface area contributed by atoms with E-state index in [1.54, 1.807) is 36.5 Å². The number of nitrogens with two attached hydrogens (primary N) is 1. The summed E-state index contributed by atoms with van der Waals surface area (Å²) < 4.78 is 36.8. The number of nitrogens with zero attached hydrogens (tertiary/aromatic N) is 3. The molecule has 0 radical (unpaired) electrons. The third-order valence-electron chi connectivity index (χ3n) is 4.10. The van der Waals surface area contributed by atoms with Gasteiger partial charge in [0.1, 0.15) is 5.82 Å². The van der Waals surface area contributed by atoms with Crippen LogP contribution in [0.2, 0.25) is 0 Å². The van der Waals surface area contributed by atoms with Gasteiger partial charge in [-0.2, -0.15) is 0 Å². The Balaban J connectivity index is 0.000000172. The molecule has 0 bridgehead atoms. The molecule has 2 aromatic carbocycles. The van der Waals surface area contributed by atoms with Crippen molar-refractivity contribution in [3.63, 3.8) is 0 Å². The number of aromatic nitrogens is 3. The Morgan fingerprint density at radius 1 is 1.10 bits per heavy atom. The maximum absolute atomic E-state index is 12.9. The molecule has 10 heteroatoms. The first-order valence-corrected chi connectivity index (χ1v) is 10.4. The molecule has 30 heavy (non-hydrogen) atoms. The van der Waals surface area contributed by atoms with E-state index < -0.39 is 15.8 Å². The molecule has 0 atom stereocenters. The number of aromatic carboxylic acids is 1. The smallest absolute Gasteiger partial charge is 0.338 e. The lowest BCUT2D eigenvalue weighted by Crippen LogP contribution is -2.05. The van der Waals surface area contributed by atoms with Crippen molar-refractivity contribution in [2.75, 3.05) is 12.1 Å². The Kier molecular flexibility index (Phi) is 5.79. The molecule has 0 spiro atoms. The minimum absolute atomic E-state index is 0.000142. The van der Waals surface area contributed by atoms with Gasteiger partial charge in [0.2, 0.25) is 0 Å². The second-order valence-electron chi connectivity index (χ2n) is 6.33. The van der Waals surface area contributed by atoms with Gasteiger partial charge in [-0.05, 0) is 30.3 Å². The first-order valence-electron chi connectivity index (χ1n) is 8.52. The number of carbonyl (C=O) groups is 1. The highest BCUT2D eigenvalue weighted by atomic mass is 32.2. The van der Waals surface area contributed by atoms with Gasteiger partial charge in [-0.1, -0.05) is 18.2 Å². The predicted molar refractivity (Wildman–Crippen MR) is 110 cm³/mol. The van der Waals surface area contributed by atoms with Crippen molar-refractivity contribution in [2.24, 2.45) is 0 Å². The number of hydrogen-bond donors (Lipinski definition) is 2. The first kappa shape index (κ1) is 20.9. The standard InChI is InChI=1S/C11H7FN2O2.C9H10N2O2S/c12-9-3-1-2-7(4-9)10-13-5-8(6-14-10)11(15)16;1-14(12,13)8-3-2-7-4-5-11(10)9(7)6-8/h1-6H,(H,15,16);2-6H,10H2,1H3. The van der Waals surface area contributed by atoms with Crippen LogP contribution in [0.3, 0.4) is 0 Å². The first-order chi connectivity index (χ1) is 14.1. The predicted octanol–water partition coefficient (Wildman–Crippen LogP) is 2.74. The molecule has 154 valence electrons. The number of fused-ring (bicyclic) bond motifs is 1. The number of carboxylic acid groups (broad SMARTS) is 1. The van der Waals surface area contributed by atoms with Gasteiger partial charge in [-0.15, -0.1) is 0 Å². The average molecular weight is 428 g/mol. The van der Waals surface area contributed by atoms with E-state index in [4.69, 9.17) is 10.9 Å². The molecular formula is C20H17FN4O4S. The quantitative estimate of drug-likeness (QED) is 0.480. The summed E-state index contributed by atoms with van der Waals surface area (Å²) in [6, 6.07) is 12.5. The summed E-state index contributed by atoms with van der Waals surface area (Å²) in [5.74, 6) is 4.43. The summed E-state index contributed by atoms with van der Waals surface area (Å²) in [6.45, 7) is 0. The van der Waals surface area contributed by atoms with Crippen molar-refractivity contribution in [1.82, 2.24) is 14.6 Å². The number of nitrogen functional groups attached to an aromatic ring is 1. The molecule has 2 aromatic heterocycles. The highest BCUT2D eigenvalue weighted by Gasteiger charge is 2.09. The van der Waals surface area contributed by atoms with Crippen LogP contribution in [0.1, 0.15) is 10.4 Å². The molecule has 0 unspecified atom stereocenters. The fraction of sp³-hybridized carbons (Fsp3) is 0.0500. The summed E-state index contributed by atoms with van der Waals surface area (Å²) in [7, 11) is -3.16. The summed E-state index contributed by atoms with van der Waals surface area (Å²) in [4.78, 5) is 18.6. The van der Waals surface area contributed by atoms with Crippen molar-refractivity contribution in [3.8, 4) is 11.4 Å². The molecule has 4 rings (SSSR count). The zero-order valence-electron chi connectivity index (χ0n) is 15.7. The second-order valence-corrected chi connectivity index (χ2v) is 8.34. The van der Waals surface area contributed by atoms with Crippen LogP contribution >= 0.6 is 0 Å². The molecule has 3 N–H and O–H groups in total. The van der Waals surface area contributed by atoms with E-state index in [1.807, 2.05) is 6.07 Å². The van der Waals surface area contributed by atoms with Crippen LogP contribution in [0.15, 0.2) is 72.0 Å². The lowest BCUT2D eigenvalue weighted by atomic mass is 10.2. The van der Waals surface area contributed by atoms with E-state index in [9.17, 15) is 17.6 Å². The number of carboxylic acids is 1. The molecule has 8 nitrogen and oxygen atoms in total. The molecular weight excluding hydrogens is 411 g/mol. The van der Waals surface area contributed by atoms with Gasteiger partial charge in [0, 0.05) is 35.8 Å². The van der Waals surface area contributed by atoms with Gasteiger partial charge < -0.3 is 10.9 Å². The molecule has 0 saturated carbocycles. The zero-order chi connectivity index (χ0) is 21.9. The van der Waals surface area contributed by atoms with E-state index in [-0.39, 0.29) is 16.3 Å². The van der Waals surface area contributed by atoms with Crippen molar-refractivity contribution in [3.05, 3.63) is 78.5 Å². The topological polar surface area (TPSA) is 128 Å². The van der Waals surface area contributed by atoms with Crippen LogP contribution in [0.5, 0.6) is 0 Å². The molecule has 4 aromatic rings. The van der Waals surface area contributed by atoms with Gasteiger partial charge in [-0.25, -0.2) is 27.6 Å². The third-order valence-corrected chi connectivity index (χ3v) is 5.21. The van der Waals surface area contributed by atoms with E-state index in [1.165, 1.54) is 35.5 Å². The van der Waals surface area contributed by atoms with Crippen molar-refractivity contribution in [1.29, 1.82) is 0 Å². The molecule has 2 heterocycles. The second kappa shape index (κ2) is 8.29. The Morgan fingerprint density at radius 2 is 1.80 bits per heavy atom. The fourth-order valence-corrected chi connectivity index (χ4v) is 3.22. The minimum atomic E-state index is -3.16. The highest BCUT2D eigenvalue weighted by molar-refractivity contribution is 7.90. The molecule has 0 amide bonds.